The SMILES string of the molecule is O=C(CNc1ccc2c(c1)OCO2)NN=Cc1ccccc1I. The van der Waals surface area contributed by atoms with Crippen molar-refractivity contribution >= 4 is 40.4 Å². The smallest absolute Gasteiger partial charge is 0.259 e. The minimum Gasteiger partial charge on any atom is -0.454 e. The van der Waals surface area contributed by atoms with Crippen molar-refractivity contribution in [3.8, 4) is 11.5 Å². The highest BCUT2D eigenvalue weighted by atomic mass is 127. The van der Waals surface area contributed by atoms with Crippen LogP contribution >= 0.6 is 22.6 Å². The van der Waals surface area contributed by atoms with Crippen molar-refractivity contribution in [2.24, 2.45) is 5.10 Å². The van der Waals surface area contributed by atoms with Crippen LogP contribution in [-0.2, 0) is 4.79 Å². The largest absolute Gasteiger partial charge is 0.454 e. The molecule has 1 heterocycles. The number of carbonyl (C=O) groups excluding carboxylic acids is 1. The summed E-state index contributed by atoms with van der Waals surface area (Å²) in [4.78, 5) is 11.8. The van der Waals surface area contributed by atoms with Crippen molar-refractivity contribution in [2.75, 3.05) is 18.7 Å². The van der Waals surface area contributed by atoms with Crippen molar-refractivity contribution < 1.29 is 14.3 Å². The molecular weight excluding hydrogens is 409 g/mol. The molecule has 0 atom stereocenters. The molecule has 23 heavy (non-hydrogen) atoms. The summed E-state index contributed by atoms with van der Waals surface area (Å²) in [7, 11) is 0. The molecule has 2 aromatic rings. The second kappa shape index (κ2) is 7.32. The number of hydrogen-bond donors (Lipinski definition) is 2. The van der Waals surface area contributed by atoms with Crippen LogP contribution in [0, 0.1) is 3.57 Å². The lowest BCUT2D eigenvalue weighted by Crippen LogP contribution is -2.25. The maximum absolute atomic E-state index is 11.8. The quantitative estimate of drug-likeness (QED) is 0.441. The van der Waals surface area contributed by atoms with E-state index in [9.17, 15) is 4.79 Å². The molecule has 1 aliphatic heterocycles. The van der Waals surface area contributed by atoms with E-state index in [0.29, 0.717) is 11.5 Å². The number of carbonyl (C=O) groups is 1. The Kier molecular flexibility index (Phi) is 4.96. The Bertz CT molecular complexity index is 749. The highest BCUT2D eigenvalue weighted by Gasteiger charge is 2.13. The standard InChI is InChI=1S/C16H14IN3O3/c17-13-4-2-1-3-11(13)8-19-20-16(21)9-18-12-5-6-14-15(7-12)23-10-22-14/h1-8,18H,9-10H2,(H,20,21). The van der Waals surface area contributed by atoms with Crippen LogP contribution in [0.3, 0.4) is 0 Å². The van der Waals surface area contributed by atoms with Gasteiger partial charge < -0.3 is 14.8 Å². The molecule has 6 nitrogen and oxygen atoms in total. The minimum absolute atomic E-state index is 0.114. The van der Waals surface area contributed by atoms with Gasteiger partial charge in [0.05, 0.1) is 12.8 Å². The fourth-order valence-electron chi connectivity index (χ4n) is 1.98. The number of benzene rings is 2. The van der Waals surface area contributed by atoms with Gasteiger partial charge in [-0.1, -0.05) is 18.2 Å². The number of halogens is 1. The summed E-state index contributed by atoms with van der Waals surface area (Å²) < 4.78 is 11.6. The molecule has 2 aromatic carbocycles. The zero-order valence-corrected chi connectivity index (χ0v) is 14.2. The Morgan fingerprint density at radius 3 is 2.91 bits per heavy atom. The summed E-state index contributed by atoms with van der Waals surface area (Å²) in [5, 5.41) is 6.97. The number of ether oxygens (including phenoxy) is 2. The summed E-state index contributed by atoms with van der Waals surface area (Å²) in [6.07, 6.45) is 1.63. The third-order valence-corrected chi connectivity index (χ3v) is 4.11. The van der Waals surface area contributed by atoms with Gasteiger partial charge in [-0.15, -0.1) is 0 Å². The molecule has 0 bridgehead atoms. The molecule has 0 radical (unpaired) electrons. The highest BCUT2D eigenvalue weighted by Crippen LogP contribution is 2.34. The van der Waals surface area contributed by atoms with E-state index < -0.39 is 0 Å². The molecule has 2 N–H and O–H groups in total. The zero-order chi connectivity index (χ0) is 16.1. The number of hydrazone groups is 1. The van der Waals surface area contributed by atoms with Crippen molar-refractivity contribution in [1.82, 2.24) is 5.43 Å². The van der Waals surface area contributed by atoms with Gasteiger partial charge in [0.25, 0.3) is 5.91 Å². The van der Waals surface area contributed by atoms with Gasteiger partial charge in [-0.05, 0) is 40.8 Å². The zero-order valence-electron chi connectivity index (χ0n) is 12.1. The van der Waals surface area contributed by atoms with E-state index in [1.54, 1.807) is 18.3 Å². The van der Waals surface area contributed by atoms with Gasteiger partial charge in [-0.3, -0.25) is 4.79 Å². The Morgan fingerprint density at radius 1 is 1.22 bits per heavy atom. The van der Waals surface area contributed by atoms with Crippen molar-refractivity contribution in [3.05, 3.63) is 51.6 Å². The average Bonchev–Trinajstić information content (AvgIpc) is 3.02. The monoisotopic (exact) mass is 423 g/mol. The summed E-state index contributed by atoms with van der Waals surface area (Å²) in [5.74, 6) is 1.15. The van der Waals surface area contributed by atoms with E-state index in [4.69, 9.17) is 9.47 Å². The summed E-state index contributed by atoms with van der Waals surface area (Å²) in [5.41, 5.74) is 4.23. The molecule has 0 unspecified atom stereocenters. The first kappa shape index (κ1) is 15.6. The van der Waals surface area contributed by atoms with Crippen LogP contribution in [0.5, 0.6) is 11.5 Å². The number of fused-ring (bicyclic) bond motifs is 1. The van der Waals surface area contributed by atoms with E-state index in [0.717, 1.165) is 14.8 Å². The predicted molar refractivity (Wildman–Crippen MR) is 96.0 cm³/mol. The molecule has 3 rings (SSSR count). The lowest BCUT2D eigenvalue weighted by molar-refractivity contribution is -0.119. The van der Waals surface area contributed by atoms with Crippen molar-refractivity contribution in [2.45, 2.75) is 0 Å². The average molecular weight is 423 g/mol. The van der Waals surface area contributed by atoms with Gasteiger partial charge in [0.1, 0.15) is 0 Å². The van der Waals surface area contributed by atoms with Crippen LogP contribution in [0.1, 0.15) is 5.56 Å². The maximum Gasteiger partial charge on any atom is 0.259 e. The third kappa shape index (κ3) is 4.13. The van der Waals surface area contributed by atoms with E-state index in [-0.39, 0.29) is 19.2 Å². The highest BCUT2D eigenvalue weighted by molar-refractivity contribution is 14.1. The van der Waals surface area contributed by atoms with Crippen molar-refractivity contribution in [1.29, 1.82) is 0 Å². The van der Waals surface area contributed by atoms with Crippen LogP contribution in [0.25, 0.3) is 0 Å². The first-order valence-electron chi connectivity index (χ1n) is 6.92. The first-order valence-corrected chi connectivity index (χ1v) is 8.00. The fraction of sp³-hybridized carbons (Fsp3) is 0.125. The lowest BCUT2D eigenvalue weighted by atomic mass is 10.2. The molecule has 1 aliphatic rings. The molecule has 0 aliphatic carbocycles. The number of nitrogens with one attached hydrogen (secondary N) is 2. The normalized spacial score (nSPS) is 12.4. The second-order valence-corrected chi connectivity index (χ2v) is 5.90. The molecule has 0 saturated carbocycles. The van der Waals surface area contributed by atoms with Crippen LogP contribution in [-0.4, -0.2) is 25.5 Å². The van der Waals surface area contributed by atoms with Crippen LogP contribution in [0.2, 0.25) is 0 Å². The van der Waals surface area contributed by atoms with Crippen molar-refractivity contribution in [3.63, 3.8) is 0 Å². The van der Waals surface area contributed by atoms with Gasteiger partial charge in [0.2, 0.25) is 6.79 Å². The summed E-state index contributed by atoms with van der Waals surface area (Å²) in [6, 6.07) is 13.2. The second-order valence-electron chi connectivity index (χ2n) is 4.74. The molecule has 118 valence electrons. The molecule has 0 aromatic heterocycles. The van der Waals surface area contributed by atoms with Gasteiger partial charge in [-0.25, -0.2) is 5.43 Å². The molecule has 0 spiro atoms. The van der Waals surface area contributed by atoms with Gasteiger partial charge in [-0.2, -0.15) is 5.10 Å². The summed E-state index contributed by atoms with van der Waals surface area (Å²) >= 11 is 2.22. The maximum atomic E-state index is 11.8. The van der Waals surface area contributed by atoms with Gasteiger partial charge >= 0.3 is 0 Å². The lowest BCUT2D eigenvalue weighted by Gasteiger charge is -2.06. The Balaban J connectivity index is 1.49. The summed E-state index contributed by atoms with van der Waals surface area (Å²) in [6.45, 7) is 0.342. The number of amides is 1. The van der Waals surface area contributed by atoms with Crippen LogP contribution < -0.4 is 20.2 Å². The van der Waals surface area contributed by atoms with Crippen LogP contribution in [0.15, 0.2) is 47.6 Å². The Hall–Kier alpha value is -2.29. The Morgan fingerprint density at radius 2 is 2.04 bits per heavy atom. The van der Waals surface area contributed by atoms with Gasteiger partial charge in [0.15, 0.2) is 11.5 Å². The third-order valence-electron chi connectivity index (χ3n) is 3.12. The Labute approximate surface area is 147 Å². The van der Waals surface area contributed by atoms with E-state index in [1.807, 2.05) is 30.3 Å². The number of rotatable bonds is 5. The molecule has 0 saturated heterocycles. The van der Waals surface area contributed by atoms with Gasteiger partial charge in [0, 0.05) is 20.9 Å². The number of nitrogens with zero attached hydrogens (tertiary/aromatic N) is 1. The number of hydrogen-bond acceptors (Lipinski definition) is 5. The van der Waals surface area contributed by atoms with E-state index in [1.165, 1.54) is 0 Å². The molecular formula is C16H14IN3O3. The number of anilines is 1. The van der Waals surface area contributed by atoms with E-state index in [2.05, 4.69) is 38.4 Å². The predicted octanol–water partition coefficient (Wildman–Crippen LogP) is 2.58. The topological polar surface area (TPSA) is 72.0 Å². The molecule has 7 heteroatoms. The van der Waals surface area contributed by atoms with Crippen LogP contribution in [0.4, 0.5) is 5.69 Å². The molecule has 1 amide bonds. The minimum atomic E-state index is -0.232. The van der Waals surface area contributed by atoms with E-state index >= 15 is 0 Å². The molecule has 0 fully saturated rings. The fourth-order valence-corrected chi connectivity index (χ4v) is 2.51. The first-order chi connectivity index (χ1) is 11.2.